The fraction of sp³-hybridized carbons (Fsp3) is 0.286. The molecular weight excluding hydrogens is 356 g/mol. The first-order valence-electron chi connectivity index (χ1n) is 9.44. The van der Waals surface area contributed by atoms with Crippen molar-refractivity contribution in [1.82, 2.24) is 14.7 Å². The van der Waals surface area contributed by atoms with Gasteiger partial charge in [-0.3, -0.25) is 14.0 Å². The molecule has 1 saturated carbocycles. The summed E-state index contributed by atoms with van der Waals surface area (Å²) in [6, 6.07) is 12.1. The Kier molecular flexibility index (Phi) is 5.08. The highest BCUT2D eigenvalue weighted by Gasteiger charge is 2.25. The maximum absolute atomic E-state index is 12.6. The fourth-order valence-corrected chi connectivity index (χ4v) is 3.57. The second kappa shape index (κ2) is 7.82. The number of imidazole rings is 1. The third-order valence-corrected chi connectivity index (χ3v) is 5.08. The summed E-state index contributed by atoms with van der Waals surface area (Å²) in [5, 5.41) is 15.8. The molecule has 0 saturated heterocycles. The van der Waals surface area contributed by atoms with Gasteiger partial charge in [-0.1, -0.05) is 25.0 Å². The number of nitrogens with one attached hydrogen (secondary N) is 2. The van der Waals surface area contributed by atoms with Crippen LogP contribution in [0, 0.1) is 0 Å². The maximum atomic E-state index is 12.6. The van der Waals surface area contributed by atoms with E-state index in [-0.39, 0.29) is 17.9 Å². The van der Waals surface area contributed by atoms with Crippen molar-refractivity contribution < 1.29 is 14.7 Å². The summed E-state index contributed by atoms with van der Waals surface area (Å²) >= 11 is 0. The lowest BCUT2D eigenvalue weighted by molar-refractivity contribution is 0.0717. The number of amides is 2. The Morgan fingerprint density at radius 2 is 1.93 bits per heavy atom. The van der Waals surface area contributed by atoms with E-state index in [9.17, 15) is 14.7 Å². The number of carbonyl (C=O) groups excluding carboxylic acids is 2. The molecule has 1 aliphatic rings. The van der Waals surface area contributed by atoms with E-state index in [0.717, 1.165) is 19.3 Å². The van der Waals surface area contributed by atoms with Crippen LogP contribution in [-0.2, 0) is 0 Å². The average molecular weight is 378 g/mol. The van der Waals surface area contributed by atoms with E-state index in [2.05, 4.69) is 15.6 Å². The highest BCUT2D eigenvalue weighted by atomic mass is 16.3. The molecule has 4 rings (SSSR count). The molecule has 7 heteroatoms. The summed E-state index contributed by atoms with van der Waals surface area (Å²) in [6.07, 6.45) is 6.26. The minimum Gasteiger partial charge on any atom is -0.391 e. The molecule has 3 aromatic rings. The summed E-state index contributed by atoms with van der Waals surface area (Å²) in [5.74, 6) is -0.559. The zero-order chi connectivity index (χ0) is 19.5. The molecule has 1 aliphatic carbocycles. The van der Waals surface area contributed by atoms with Gasteiger partial charge in [-0.25, -0.2) is 4.98 Å². The Balaban J connectivity index is 1.47. The van der Waals surface area contributed by atoms with Gasteiger partial charge in [0, 0.05) is 17.4 Å². The lowest BCUT2D eigenvalue weighted by Gasteiger charge is -2.28. The third kappa shape index (κ3) is 3.75. The van der Waals surface area contributed by atoms with Crippen LogP contribution in [0.25, 0.3) is 5.65 Å². The number of aliphatic hydroxyl groups excluding tert-OH is 1. The van der Waals surface area contributed by atoms with Gasteiger partial charge in [0.1, 0.15) is 11.3 Å². The fourth-order valence-electron chi connectivity index (χ4n) is 3.57. The zero-order valence-electron chi connectivity index (χ0n) is 15.3. The van der Waals surface area contributed by atoms with Gasteiger partial charge in [-0.2, -0.15) is 0 Å². The highest BCUT2D eigenvalue weighted by Crippen LogP contribution is 2.19. The molecule has 2 atom stereocenters. The molecule has 2 aromatic heterocycles. The Morgan fingerprint density at radius 1 is 1.07 bits per heavy atom. The molecule has 0 radical (unpaired) electrons. The predicted molar refractivity (Wildman–Crippen MR) is 105 cm³/mol. The lowest BCUT2D eigenvalue weighted by Crippen LogP contribution is -2.45. The van der Waals surface area contributed by atoms with Crippen LogP contribution in [0.2, 0.25) is 0 Å². The van der Waals surface area contributed by atoms with Gasteiger partial charge in [-0.05, 0) is 43.2 Å². The van der Waals surface area contributed by atoms with Crippen molar-refractivity contribution in [2.24, 2.45) is 0 Å². The minimum atomic E-state index is -0.504. The molecule has 28 heavy (non-hydrogen) atoms. The van der Waals surface area contributed by atoms with E-state index in [1.54, 1.807) is 34.9 Å². The molecule has 0 spiro atoms. The second-order valence-corrected chi connectivity index (χ2v) is 7.04. The molecule has 1 fully saturated rings. The van der Waals surface area contributed by atoms with Gasteiger partial charge in [0.05, 0.1) is 18.3 Å². The molecular formula is C21H22N4O3. The summed E-state index contributed by atoms with van der Waals surface area (Å²) < 4.78 is 1.70. The zero-order valence-corrected chi connectivity index (χ0v) is 15.3. The summed E-state index contributed by atoms with van der Waals surface area (Å²) in [7, 11) is 0. The smallest absolute Gasteiger partial charge is 0.274 e. The third-order valence-electron chi connectivity index (χ3n) is 5.08. The molecule has 2 heterocycles. The Morgan fingerprint density at radius 3 is 2.79 bits per heavy atom. The first kappa shape index (κ1) is 18.2. The number of pyridine rings is 1. The van der Waals surface area contributed by atoms with Gasteiger partial charge in [0.15, 0.2) is 0 Å². The largest absolute Gasteiger partial charge is 0.391 e. The Labute approximate surface area is 162 Å². The van der Waals surface area contributed by atoms with Crippen molar-refractivity contribution in [3.05, 3.63) is 66.1 Å². The summed E-state index contributed by atoms with van der Waals surface area (Å²) in [4.78, 5) is 29.4. The quantitative estimate of drug-likeness (QED) is 0.650. The number of hydrogen-bond donors (Lipinski definition) is 3. The number of hydrogen-bond acceptors (Lipinski definition) is 4. The van der Waals surface area contributed by atoms with Gasteiger partial charge in [0.25, 0.3) is 11.8 Å². The van der Waals surface area contributed by atoms with E-state index in [4.69, 9.17) is 0 Å². The van der Waals surface area contributed by atoms with Gasteiger partial charge >= 0.3 is 0 Å². The van der Waals surface area contributed by atoms with Gasteiger partial charge in [0.2, 0.25) is 0 Å². The molecule has 3 N–H and O–H groups in total. The number of aliphatic hydroxyl groups is 1. The second-order valence-electron chi connectivity index (χ2n) is 7.04. The Bertz CT molecular complexity index is 1010. The van der Waals surface area contributed by atoms with Crippen LogP contribution in [0.5, 0.6) is 0 Å². The molecule has 7 nitrogen and oxygen atoms in total. The maximum Gasteiger partial charge on any atom is 0.274 e. The minimum absolute atomic E-state index is 0.224. The van der Waals surface area contributed by atoms with Gasteiger partial charge in [-0.15, -0.1) is 0 Å². The van der Waals surface area contributed by atoms with Crippen molar-refractivity contribution in [3.8, 4) is 0 Å². The highest BCUT2D eigenvalue weighted by molar-refractivity contribution is 6.04. The molecule has 144 valence electrons. The molecule has 0 aliphatic heterocycles. The number of nitrogens with zero attached hydrogens (tertiary/aromatic N) is 2. The predicted octanol–water partition coefficient (Wildman–Crippen LogP) is 2.62. The van der Waals surface area contributed by atoms with E-state index < -0.39 is 6.10 Å². The van der Waals surface area contributed by atoms with Crippen LogP contribution >= 0.6 is 0 Å². The van der Waals surface area contributed by atoms with Crippen LogP contribution in [-0.4, -0.2) is 38.5 Å². The number of fused-ring (bicyclic) bond motifs is 1. The van der Waals surface area contributed by atoms with Crippen LogP contribution in [0.4, 0.5) is 5.69 Å². The Hall–Kier alpha value is -3.19. The van der Waals surface area contributed by atoms with E-state index in [0.29, 0.717) is 29.0 Å². The summed E-state index contributed by atoms with van der Waals surface area (Å²) in [5.41, 5.74) is 2.06. The first-order valence-corrected chi connectivity index (χ1v) is 9.44. The normalized spacial score (nSPS) is 19.3. The number of carbonyl (C=O) groups is 2. The van der Waals surface area contributed by atoms with E-state index in [1.807, 2.05) is 18.2 Å². The molecule has 0 bridgehead atoms. The topological polar surface area (TPSA) is 95.7 Å². The van der Waals surface area contributed by atoms with Crippen molar-refractivity contribution in [1.29, 1.82) is 0 Å². The molecule has 1 aromatic carbocycles. The van der Waals surface area contributed by atoms with Gasteiger partial charge < -0.3 is 15.7 Å². The number of aromatic nitrogens is 2. The summed E-state index contributed by atoms with van der Waals surface area (Å²) in [6.45, 7) is 0. The number of rotatable bonds is 4. The van der Waals surface area contributed by atoms with Crippen LogP contribution < -0.4 is 10.6 Å². The van der Waals surface area contributed by atoms with Crippen LogP contribution in [0.1, 0.15) is 46.5 Å². The van der Waals surface area contributed by atoms with E-state index >= 15 is 0 Å². The van der Waals surface area contributed by atoms with Crippen molar-refractivity contribution in [2.75, 3.05) is 5.32 Å². The number of benzene rings is 1. The average Bonchev–Trinajstić information content (AvgIpc) is 3.14. The van der Waals surface area contributed by atoms with E-state index in [1.165, 1.54) is 6.20 Å². The standard InChI is InChI=1S/C21H22N4O3/c26-18-9-2-1-8-16(18)24-20(27)14-6-5-7-15(12-14)23-21(28)17-13-22-19-10-3-4-11-25(17)19/h3-7,10-13,16,18,26H,1-2,8-9H2,(H,23,28)(H,24,27)/t16-,18-/m0/s1. The molecule has 2 amide bonds. The van der Waals surface area contributed by atoms with Crippen molar-refractivity contribution in [2.45, 2.75) is 37.8 Å². The first-order chi connectivity index (χ1) is 13.6. The van der Waals surface area contributed by atoms with Crippen molar-refractivity contribution >= 4 is 23.1 Å². The van der Waals surface area contributed by atoms with Crippen molar-refractivity contribution in [3.63, 3.8) is 0 Å². The molecule has 0 unspecified atom stereocenters. The SMILES string of the molecule is O=C(N[C@H]1CCCC[C@@H]1O)c1cccc(NC(=O)c2cnc3ccccn23)c1. The monoisotopic (exact) mass is 378 g/mol. The van der Waals surface area contributed by atoms with Crippen LogP contribution in [0.3, 0.4) is 0 Å². The lowest BCUT2D eigenvalue weighted by atomic mass is 9.92. The van der Waals surface area contributed by atoms with Crippen LogP contribution in [0.15, 0.2) is 54.9 Å². The number of anilines is 1.